The smallest absolute Gasteiger partial charge is 0.123 e. The molecule has 0 aliphatic heterocycles. The molecule has 0 bridgehead atoms. The summed E-state index contributed by atoms with van der Waals surface area (Å²) < 4.78 is 0. The zero-order valence-electron chi connectivity index (χ0n) is 15.2. The van der Waals surface area contributed by atoms with Crippen LogP contribution in [0.1, 0.15) is 50.3 Å². The summed E-state index contributed by atoms with van der Waals surface area (Å²) in [6, 6.07) is 8.31. The number of nitrogens with two attached hydrogens (primary N) is 1. The summed E-state index contributed by atoms with van der Waals surface area (Å²) in [6.07, 6.45) is 8.52. The van der Waals surface area contributed by atoms with E-state index in [2.05, 4.69) is 65.2 Å². The summed E-state index contributed by atoms with van der Waals surface area (Å²) in [4.78, 5) is 7.90. The number of aromatic amines is 2. The van der Waals surface area contributed by atoms with Gasteiger partial charge in [-0.1, -0.05) is 51.5 Å². The summed E-state index contributed by atoms with van der Waals surface area (Å²) in [5.41, 5.74) is 11.2. The van der Waals surface area contributed by atoms with Crippen molar-refractivity contribution in [3.63, 3.8) is 0 Å². The zero-order chi connectivity index (χ0) is 17.9. The van der Waals surface area contributed by atoms with Crippen LogP contribution in [0.5, 0.6) is 0 Å². The maximum Gasteiger partial charge on any atom is 0.123 e. The standard InChI is InChI=1S/C20H27N5/c1-4-20(2,3)10-17-13-22-19(25-17)18(21)9-14-5-7-15(8-6-14)16-11-23-24-12-16/h5-8,11-13,18H,4,9-10,21H2,1-3H3,(H,22,25)(H,23,24). The van der Waals surface area contributed by atoms with Crippen molar-refractivity contribution in [3.8, 4) is 11.1 Å². The number of benzene rings is 1. The monoisotopic (exact) mass is 337 g/mol. The van der Waals surface area contributed by atoms with Gasteiger partial charge in [0.2, 0.25) is 0 Å². The minimum absolute atomic E-state index is 0.127. The number of aromatic nitrogens is 4. The lowest BCUT2D eigenvalue weighted by atomic mass is 9.85. The van der Waals surface area contributed by atoms with Crippen LogP contribution in [0.15, 0.2) is 42.9 Å². The number of hydrogen-bond donors (Lipinski definition) is 3. The predicted octanol–water partition coefficient (Wildman–Crippen LogP) is 4.02. The largest absolute Gasteiger partial charge is 0.345 e. The van der Waals surface area contributed by atoms with Gasteiger partial charge < -0.3 is 10.7 Å². The van der Waals surface area contributed by atoms with E-state index in [4.69, 9.17) is 5.73 Å². The summed E-state index contributed by atoms with van der Waals surface area (Å²) in [6.45, 7) is 6.76. The zero-order valence-corrected chi connectivity index (χ0v) is 15.2. The van der Waals surface area contributed by atoms with Crippen LogP contribution >= 0.6 is 0 Å². The normalized spacial score (nSPS) is 13.1. The van der Waals surface area contributed by atoms with Crippen molar-refractivity contribution in [1.29, 1.82) is 0 Å². The first-order chi connectivity index (χ1) is 12.0. The molecule has 0 aliphatic rings. The number of rotatable bonds is 7. The molecule has 132 valence electrons. The minimum atomic E-state index is -0.127. The maximum atomic E-state index is 6.36. The van der Waals surface area contributed by atoms with Crippen molar-refractivity contribution in [2.24, 2.45) is 11.1 Å². The highest BCUT2D eigenvalue weighted by Crippen LogP contribution is 2.25. The van der Waals surface area contributed by atoms with E-state index in [9.17, 15) is 0 Å². The highest BCUT2D eigenvalue weighted by molar-refractivity contribution is 5.61. The molecule has 1 unspecified atom stereocenters. The molecular formula is C20H27N5. The molecule has 5 heteroatoms. The van der Waals surface area contributed by atoms with Crippen molar-refractivity contribution < 1.29 is 0 Å². The Kier molecular flexibility index (Phi) is 5.04. The molecule has 0 aliphatic carbocycles. The van der Waals surface area contributed by atoms with Gasteiger partial charge in [-0.05, 0) is 29.4 Å². The number of hydrogen-bond acceptors (Lipinski definition) is 3. The van der Waals surface area contributed by atoms with Gasteiger partial charge in [0, 0.05) is 23.7 Å². The summed E-state index contributed by atoms with van der Waals surface area (Å²) >= 11 is 0. The lowest BCUT2D eigenvalue weighted by Gasteiger charge is -2.21. The minimum Gasteiger partial charge on any atom is -0.345 e. The van der Waals surface area contributed by atoms with E-state index in [-0.39, 0.29) is 11.5 Å². The van der Waals surface area contributed by atoms with Crippen LogP contribution in [0.4, 0.5) is 0 Å². The molecule has 0 amide bonds. The van der Waals surface area contributed by atoms with Crippen LogP contribution in [-0.4, -0.2) is 20.2 Å². The third kappa shape index (κ3) is 4.37. The van der Waals surface area contributed by atoms with Crippen molar-refractivity contribution in [1.82, 2.24) is 20.2 Å². The van der Waals surface area contributed by atoms with E-state index in [0.717, 1.165) is 41.9 Å². The van der Waals surface area contributed by atoms with Crippen molar-refractivity contribution in [3.05, 3.63) is 59.9 Å². The molecule has 1 aromatic carbocycles. The van der Waals surface area contributed by atoms with E-state index in [1.165, 1.54) is 5.56 Å². The first-order valence-corrected chi connectivity index (χ1v) is 8.84. The maximum absolute atomic E-state index is 6.36. The number of nitrogens with zero attached hydrogens (tertiary/aromatic N) is 2. The van der Waals surface area contributed by atoms with Crippen LogP contribution < -0.4 is 5.73 Å². The molecule has 3 rings (SSSR count). The van der Waals surface area contributed by atoms with Crippen LogP contribution in [0, 0.1) is 5.41 Å². The van der Waals surface area contributed by atoms with E-state index < -0.39 is 0 Å². The van der Waals surface area contributed by atoms with E-state index in [1.54, 1.807) is 0 Å². The molecule has 0 saturated heterocycles. The Morgan fingerprint density at radius 3 is 2.52 bits per heavy atom. The fourth-order valence-electron chi connectivity index (χ4n) is 2.89. The van der Waals surface area contributed by atoms with Crippen LogP contribution in [0.3, 0.4) is 0 Å². The van der Waals surface area contributed by atoms with Crippen molar-refractivity contribution >= 4 is 0 Å². The molecule has 0 radical (unpaired) electrons. The molecule has 4 N–H and O–H groups in total. The number of nitrogens with one attached hydrogen (secondary N) is 2. The predicted molar refractivity (Wildman–Crippen MR) is 101 cm³/mol. The third-order valence-electron chi connectivity index (χ3n) is 4.87. The van der Waals surface area contributed by atoms with E-state index in [1.807, 2.05) is 18.6 Å². The first-order valence-electron chi connectivity index (χ1n) is 8.84. The van der Waals surface area contributed by atoms with Crippen molar-refractivity contribution in [2.75, 3.05) is 0 Å². The Morgan fingerprint density at radius 1 is 1.12 bits per heavy atom. The molecule has 0 spiro atoms. The van der Waals surface area contributed by atoms with Crippen molar-refractivity contribution in [2.45, 2.75) is 46.1 Å². The van der Waals surface area contributed by atoms with Crippen LogP contribution in [-0.2, 0) is 12.8 Å². The fourth-order valence-corrected chi connectivity index (χ4v) is 2.89. The number of H-pyrrole nitrogens is 2. The van der Waals surface area contributed by atoms with Gasteiger partial charge in [-0.15, -0.1) is 0 Å². The second-order valence-corrected chi connectivity index (χ2v) is 7.48. The average Bonchev–Trinajstić information content (AvgIpc) is 3.27. The Hall–Kier alpha value is -2.40. The SMILES string of the molecule is CCC(C)(C)Cc1cnc(C(N)Cc2ccc(-c3cn[nH]c3)cc2)[nH]1. The fraction of sp³-hybridized carbons (Fsp3) is 0.400. The summed E-state index contributed by atoms with van der Waals surface area (Å²) in [7, 11) is 0. The quantitative estimate of drug-likeness (QED) is 0.609. The molecule has 0 fully saturated rings. The molecule has 2 aromatic heterocycles. The van der Waals surface area contributed by atoms with Gasteiger partial charge >= 0.3 is 0 Å². The summed E-state index contributed by atoms with van der Waals surface area (Å²) in [5.74, 6) is 0.862. The molecule has 25 heavy (non-hydrogen) atoms. The van der Waals surface area contributed by atoms with Gasteiger partial charge in [0.15, 0.2) is 0 Å². The summed E-state index contributed by atoms with van der Waals surface area (Å²) in [5, 5.41) is 6.82. The van der Waals surface area contributed by atoms with Gasteiger partial charge in [0.05, 0.1) is 12.2 Å². The van der Waals surface area contributed by atoms with Crippen LogP contribution in [0.2, 0.25) is 0 Å². The molecular weight excluding hydrogens is 310 g/mol. The topological polar surface area (TPSA) is 83.4 Å². The van der Waals surface area contributed by atoms with Gasteiger partial charge in [-0.25, -0.2) is 4.98 Å². The van der Waals surface area contributed by atoms with Gasteiger partial charge in [0.1, 0.15) is 5.82 Å². The Labute approximate surface area is 149 Å². The van der Waals surface area contributed by atoms with Gasteiger partial charge in [-0.2, -0.15) is 5.10 Å². The van der Waals surface area contributed by atoms with Gasteiger partial charge in [-0.3, -0.25) is 5.10 Å². The molecule has 1 atom stereocenters. The highest BCUT2D eigenvalue weighted by atomic mass is 15.1. The Morgan fingerprint density at radius 2 is 1.88 bits per heavy atom. The lowest BCUT2D eigenvalue weighted by molar-refractivity contribution is 0.346. The Bertz CT molecular complexity index is 784. The first kappa shape index (κ1) is 17.4. The lowest BCUT2D eigenvalue weighted by Crippen LogP contribution is -2.16. The van der Waals surface area contributed by atoms with E-state index >= 15 is 0 Å². The highest BCUT2D eigenvalue weighted by Gasteiger charge is 2.18. The third-order valence-corrected chi connectivity index (χ3v) is 4.87. The second-order valence-electron chi connectivity index (χ2n) is 7.48. The van der Waals surface area contributed by atoms with Gasteiger partial charge in [0.25, 0.3) is 0 Å². The van der Waals surface area contributed by atoms with E-state index in [0.29, 0.717) is 0 Å². The molecule has 0 saturated carbocycles. The molecule has 5 nitrogen and oxygen atoms in total. The van der Waals surface area contributed by atoms with Crippen LogP contribution in [0.25, 0.3) is 11.1 Å². The second kappa shape index (κ2) is 7.23. The Balaban J connectivity index is 1.64. The number of imidazole rings is 1. The molecule has 2 heterocycles. The average molecular weight is 337 g/mol. The molecule has 3 aromatic rings.